The SMILES string of the molecule is CN(C)/C=N/c1ncnc2c1ncn2C1CC(O)C(CO)O1. The van der Waals surface area contributed by atoms with Crippen LogP contribution in [-0.2, 0) is 4.74 Å². The summed E-state index contributed by atoms with van der Waals surface area (Å²) in [6.45, 7) is -0.225. The lowest BCUT2D eigenvalue weighted by atomic mass is 10.2. The molecule has 2 N–H and O–H groups in total. The van der Waals surface area contributed by atoms with E-state index in [4.69, 9.17) is 4.74 Å². The Kier molecular flexibility index (Phi) is 4.01. The lowest BCUT2D eigenvalue weighted by molar-refractivity contribution is -0.0432. The van der Waals surface area contributed by atoms with E-state index in [9.17, 15) is 10.2 Å². The van der Waals surface area contributed by atoms with Gasteiger partial charge < -0.3 is 19.8 Å². The molecule has 1 saturated heterocycles. The van der Waals surface area contributed by atoms with Crippen molar-refractivity contribution < 1.29 is 14.9 Å². The van der Waals surface area contributed by atoms with Crippen molar-refractivity contribution >= 4 is 23.3 Å². The third-order valence-corrected chi connectivity index (χ3v) is 3.44. The topological polar surface area (TPSA) is 109 Å². The maximum absolute atomic E-state index is 9.85. The van der Waals surface area contributed by atoms with Crippen molar-refractivity contribution in [2.24, 2.45) is 4.99 Å². The molecular formula is C13H18N6O3. The zero-order valence-electron chi connectivity index (χ0n) is 12.4. The van der Waals surface area contributed by atoms with Crippen LogP contribution in [-0.4, -0.2) is 73.9 Å². The van der Waals surface area contributed by atoms with Gasteiger partial charge in [-0.1, -0.05) is 0 Å². The van der Waals surface area contributed by atoms with E-state index in [-0.39, 0.29) is 6.61 Å². The highest BCUT2D eigenvalue weighted by molar-refractivity contribution is 5.82. The molecule has 0 saturated carbocycles. The highest BCUT2D eigenvalue weighted by atomic mass is 16.5. The molecule has 0 aromatic carbocycles. The number of ether oxygens (including phenoxy) is 1. The normalized spacial score (nSPS) is 25.4. The van der Waals surface area contributed by atoms with Gasteiger partial charge in [0.2, 0.25) is 0 Å². The van der Waals surface area contributed by atoms with E-state index in [0.717, 1.165) is 0 Å². The third-order valence-electron chi connectivity index (χ3n) is 3.44. The summed E-state index contributed by atoms with van der Waals surface area (Å²) in [4.78, 5) is 18.7. The lowest BCUT2D eigenvalue weighted by Crippen LogP contribution is -2.24. The van der Waals surface area contributed by atoms with Crippen LogP contribution in [0.4, 0.5) is 5.82 Å². The molecule has 3 unspecified atom stereocenters. The molecule has 0 bridgehead atoms. The van der Waals surface area contributed by atoms with E-state index < -0.39 is 18.4 Å². The fourth-order valence-electron chi connectivity index (χ4n) is 2.37. The molecule has 9 heteroatoms. The molecule has 0 aliphatic carbocycles. The average Bonchev–Trinajstić information content (AvgIpc) is 3.08. The van der Waals surface area contributed by atoms with Gasteiger partial charge >= 0.3 is 0 Å². The second-order valence-electron chi connectivity index (χ2n) is 5.34. The Balaban J connectivity index is 1.95. The molecule has 1 aliphatic rings. The smallest absolute Gasteiger partial charge is 0.184 e. The van der Waals surface area contributed by atoms with Crippen molar-refractivity contribution in [3.05, 3.63) is 12.7 Å². The zero-order chi connectivity index (χ0) is 15.7. The van der Waals surface area contributed by atoms with Crippen molar-refractivity contribution in [2.75, 3.05) is 20.7 Å². The number of aromatic nitrogens is 4. The quantitative estimate of drug-likeness (QED) is 0.589. The first-order valence-electron chi connectivity index (χ1n) is 6.92. The minimum Gasteiger partial charge on any atom is -0.394 e. The minimum atomic E-state index is -0.708. The number of aliphatic imine (C=N–C) groups is 1. The number of imidazole rings is 1. The maximum atomic E-state index is 9.85. The van der Waals surface area contributed by atoms with E-state index in [1.807, 2.05) is 14.1 Å². The van der Waals surface area contributed by atoms with E-state index in [2.05, 4.69) is 19.9 Å². The molecule has 3 rings (SSSR count). The largest absolute Gasteiger partial charge is 0.394 e. The Labute approximate surface area is 126 Å². The van der Waals surface area contributed by atoms with Gasteiger partial charge in [0.1, 0.15) is 18.7 Å². The highest BCUT2D eigenvalue weighted by Gasteiger charge is 2.35. The van der Waals surface area contributed by atoms with E-state index in [0.29, 0.717) is 23.4 Å². The van der Waals surface area contributed by atoms with Gasteiger partial charge in [-0.3, -0.25) is 4.57 Å². The molecule has 2 aromatic rings. The van der Waals surface area contributed by atoms with Crippen LogP contribution in [0.5, 0.6) is 0 Å². The number of nitrogens with zero attached hydrogens (tertiary/aromatic N) is 6. The number of hydrogen-bond acceptors (Lipinski definition) is 7. The summed E-state index contributed by atoms with van der Waals surface area (Å²) in [5, 5.41) is 19.0. The Morgan fingerprint density at radius 3 is 2.95 bits per heavy atom. The summed E-state index contributed by atoms with van der Waals surface area (Å²) in [6, 6.07) is 0. The summed E-state index contributed by atoms with van der Waals surface area (Å²) in [5.41, 5.74) is 1.14. The van der Waals surface area contributed by atoms with Crippen LogP contribution in [0, 0.1) is 0 Å². The van der Waals surface area contributed by atoms with Gasteiger partial charge in [0, 0.05) is 20.5 Å². The van der Waals surface area contributed by atoms with Gasteiger partial charge in [-0.25, -0.2) is 19.9 Å². The number of aliphatic hydroxyl groups is 2. The van der Waals surface area contributed by atoms with Crippen LogP contribution in [0.2, 0.25) is 0 Å². The molecule has 3 heterocycles. The molecule has 9 nitrogen and oxygen atoms in total. The summed E-state index contributed by atoms with van der Waals surface area (Å²) < 4.78 is 7.36. The maximum Gasteiger partial charge on any atom is 0.184 e. The van der Waals surface area contributed by atoms with Crippen molar-refractivity contribution in [3.63, 3.8) is 0 Å². The molecule has 1 aliphatic heterocycles. The van der Waals surface area contributed by atoms with Crippen LogP contribution >= 0.6 is 0 Å². The van der Waals surface area contributed by atoms with Crippen LogP contribution in [0.3, 0.4) is 0 Å². The predicted octanol–water partition coefficient (Wildman–Crippen LogP) is -0.312. The summed E-state index contributed by atoms with van der Waals surface area (Å²) in [5.74, 6) is 0.467. The number of rotatable bonds is 4. The molecule has 22 heavy (non-hydrogen) atoms. The summed E-state index contributed by atoms with van der Waals surface area (Å²) in [7, 11) is 3.73. The first-order valence-corrected chi connectivity index (χ1v) is 6.92. The van der Waals surface area contributed by atoms with Crippen molar-refractivity contribution in [3.8, 4) is 0 Å². The van der Waals surface area contributed by atoms with Crippen molar-refractivity contribution in [1.29, 1.82) is 0 Å². The minimum absolute atomic E-state index is 0.225. The number of fused-ring (bicyclic) bond motifs is 1. The van der Waals surface area contributed by atoms with E-state index >= 15 is 0 Å². The monoisotopic (exact) mass is 306 g/mol. The van der Waals surface area contributed by atoms with Gasteiger partial charge in [0.15, 0.2) is 17.0 Å². The standard InChI is InChI=1S/C13H18N6O3/c1-18(2)6-17-12-11-13(15-5-14-12)19(7-16-11)10-3-8(21)9(4-20)22-10/h5-10,20-21H,3-4H2,1-2H3/b17-6+. The number of aliphatic hydroxyl groups excluding tert-OH is 2. The molecule has 0 spiro atoms. The molecule has 1 fully saturated rings. The van der Waals surface area contributed by atoms with Gasteiger partial charge in [-0.15, -0.1) is 0 Å². The molecule has 118 valence electrons. The average molecular weight is 306 g/mol. The third kappa shape index (κ3) is 2.65. The van der Waals surface area contributed by atoms with Crippen molar-refractivity contribution in [2.45, 2.75) is 24.9 Å². The van der Waals surface area contributed by atoms with Crippen LogP contribution in [0.1, 0.15) is 12.6 Å². The van der Waals surface area contributed by atoms with E-state index in [1.54, 1.807) is 22.1 Å². The van der Waals surface area contributed by atoms with Gasteiger partial charge in [-0.05, 0) is 0 Å². The predicted molar refractivity (Wildman–Crippen MR) is 78.8 cm³/mol. The second kappa shape index (κ2) is 5.95. The summed E-state index contributed by atoms with van der Waals surface area (Å²) >= 11 is 0. The van der Waals surface area contributed by atoms with Gasteiger partial charge in [0.25, 0.3) is 0 Å². The molecule has 0 radical (unpaired) electrons. The number of hydrogen-bond donors (Lipinski definition) is 2. The first kappa shape index (κ1) is 14.8. The fourth-order valence-corrected chi connectivity index (χ4v) is 2.37. The van der Waals surface area contributed by atoms with Gasteiger partial charge in [0.05, 0.1) is 25.4 Å². The second-order valence-corrected chi connectivity index (χ2v) is 5.34. The first-order chi connectivity index (χ1) is 10.6. The van der Waals surface area contributed by atoms with Crippen molar-refractivity contribution in [1.82, 2.24) is 24.4 Å². The molecule has 2 aromatic heterocycles. The van der Waals surface area contributed by atoms with Crippen LogP contribution < -0.4 is 0 Å². The highest BCUT2D eigenvalue weighted by Crippen LogP contribution is 2.31. The van der Waals surface area contributed by atoms with Crippen LogP contribution in [0.25, 0.3) is 11.2 Å². The lowest BCUT2D eigenvalue weighted by Gasteiger charge is -2.13. The Morgan fingerprint density at radius 1 is 1.45 bits per heavy atom. The Morgan fingerprint density at radius 2 is 2.27 bits per heavy atom. The fraction of sp³-hybridized carbons (Fsp3) is 0.538. The Hall–Kier alpha value is -2.10. The van der Waals surface area contributed by atoms with E-state index in [1.165, 1.54) is 6.33 Å². The Bertz CT molecular complexity index is 685. The molecule has 0 amide bonds. The van der Waals surface area contributed by atoms with Gasteiger partial charge in [-0.2, -0.15) is 0 Å². The molecule has 3 atom stereocenters. The summed E-state index contributed by atoms with van der Waals surface area (Å²) in [6.07, 6.45) is 3.30. The van der Waals surface area contributed by atoms with Crippen LogP contribution in [0.15, 0.2) is 17.6 Å². The zero-order valence-corrected chi connectivity index (χ0v) is 12.4. The molecular weight excluding hydrogens is 288 g/mol.